The second kappa shape index (κ2) is 6.82. The Hall–Kier alpha value is -2.83. The van der Waals surface area contributed by atoms with Crippen LogP contribution in [0.15, 0.2) is 48.5 Å². The molecule has 3 rings (SSSR count). The highest BCUT2D eigenvalue weighted by atomic mass is 19.4. The van der Waals surface area contributed by atoms with Crippen LogP contribution in [0.4, 0.5) is 13.2 Å². The molecule has 136 valence electrons. The van der Waals surface area contributed by atoms with Gasteiger partial charge in [-0.3, -0.25) is 9.59 Å². The van der Waals surface area contributed by atoms with Gasteiger partial charge in [-0.15, -0.1) is 0 Å². The molecule has 2 aromatic carbocycles. The highest BCUT2D eigenvalue weighted by Crippen LogP contribution is 2.31. The van der Waals surface area contributed by atoms with E-state index in [0.29, 0.717) is 5.56 Å². The molecule has 2 aromatic rings. The molecule has 1 aliphatic heterocycles. The van der Waals surface area contributed by atoms with Crippen molar-refractivity contribution >= 4 is 11.9 Å². The van der Waals surface area contributed by atoms with Gasteiger partial charge in [0.25, 0.3) is 0 Å². The standard InChI is InChI=1S/C19H16F3NO3/c20-19(21,22)14-6-3-4-12(8-14)9-17(24)23-10-13-5-1-2-7-15(13)16(11-23)18(25)26/h1-8,16H,9-11H2,(H,25,26). The minimum absolute atomic E-state index is 0.00411. The lowest BCUT2D eigenvalue weighted by atomic mass is 9.89. The maximum atomic E-state index is 12.8. The Morgan fingerprint density at radius 2 is 1.85 bits per heavy atom. The first-order valence-electron chi connectivity index (χ1n) is 8.00. The lowest BCUT2D eigenvalue weighted by molar-refractivity contribution is -0.141. The summed E-state index contributed by atoms with van der Waals surface area (Å²) in [5.41, 5.74) is 0.845. The van der Waals surface area contributed by atoms with Crippen molar-refractivity contribution in [2.75, 3.05) is 6.54 Å². The zero-order valence-electron chi connectivity index (χ0n) is 13.7. The molecule has 0 fully saturated rings. The van der Waals surface area contributed by atoms with Crippen molar-refractivity contribution in [2.45, 2.75) is 25.1 Å². The summed E-state index contributed by atoms with van der Waals surface area (Å²) in [6, 6.07) is 11.6. The number of halogens is 3. The normalized spacial score (nSPS) is 16.9. The summed E-state index contributed by atoms with van der Waals surface area (Å²) >= 11 is 0. The van der Waals surface area contributed by atoms with Crippen LogP contribution in [-0.4, -0.2) is 28.4 Å². The van der Waals surface area contributed by atoms with Crippen LogP contribution in [0, 0.1) is 0 Å². The summed E-state index contributed by atoms with van der Waals surface area (Å²) in [6.45, 7) is 0.252. The Balaban J connectivity index is 1.80. The first-order valence-corrected chi connectivity index (χ1v) is 8.00. The van der Waals surface area contributed by atoms with E-state index >= 15 is 0 Å². The number of rotatable bonds is 3. The third kappa shape index (κ3) is 3.71. The van der Waals surface area contributed by atoms with Crippen LogP contribution in [0.2, 0.25) is 0 Å². The van der Waals surface area contributed by atoms with Crippen LogP contribution in [0.25, 0.3) is 0 Å². The molecule has 0 spiro atoms. The van der Waals surface area contributed by atoms with Gasteiger partial charge in [0, 0.05) is 13.1 Å². The van der Waals surface area contributed by atoms with E-state index in [0.717, 1.165) is 17.7 Å². The predicted molar refractivity (Wildman–Crippen MR) is 87.4 cm³/mol. The van der Waals surface area contributed by atoms with Crippen LogP contribution < -0.4 is 0 Å². The Bertz CT molecular complexity index is 848. The van der Waals surface area contributed by atoms with E-state index in [1.807, 2.05) is 0 Å². The highest BCUT2D eigenvalue weighted by Gasteiger charge is 2.33. The second-order valence-corrected chi connectivity index (χ2v) is 6.24. The number of hydrogen-bond acceptors (Lipinski definition) is 2. The zero-order chi connectivity index (χ0) is 18.9. The van der Waals surface area contributed by atoms with E-state index in [-0.39, 0.29) is 25.1 Å². The molecule has 0 bridgehead atoms. The van der Waals surface area contributed by atoms with E-state index in [1.54, 1.807) is 24.3 Å². The number of alkyl halides is 3. The summed E-state index contributed by atoms with van der Waals surface area (Å²) in [5, 5.41) is 9.44. The van der Waals surface area contributed by atoms with Gasteiger partial charge in [-0.2, -0.15) is 13.2 Å². The first-order chi connectivity index (χ1) is 12.3. The van der Waals surface area contributed by atoms with Gasteiger partial charge in [0.15, 0.2) is 0 Å². The fourth-order valence-electron chi connectivity index (χ4n) is 3.15. The minimum atomic E-state index is -4.47. The van der Waals surface area contributed by atoms with Crippen molar-refractivity contribution in [1.29, 1.82) is 0 Å². The van der Waals surface area contributed by atoms with Crippen molar-refractivity contribution in [1.82, 2.24) is 4.90 Å². The van der Waals surface area contributed by atoms with Crippen molar-refractivity contribution < 1.29 is 27.9 Å². The van der Waals surface area contributed by atoms with Gasteiger partial charge < -0.3 is 10.0 Å². The molecular weight excluding hydrogens is 347 g/mol. The fourth-order valence-corrected chi connectivity index (χ4v) is 3.15. The van der Waals surface area contributed by atoms with Gasteiger partial charge in [-0.25, -0.2) is 0 Å². The van der Waals surface area contributed by atoms with Crippen molar-refractivity contribution in [3.63, 3.8) is 0 Å². The van der Waals surface area contributed by atoms with E-state index in [9.17, 15) is 27.9 Å². The van der Waals surface area contributed by atoms with Gasteiger partial charge in [-0.1, -0.05) is 42.5 Å². The van der Waals surface area contributed by atoms with Crippen LogP contribution in [-0.2, 0) is 28.7 Å². The average molecular weight is 363 g/mol. The Kier molecular flexibility index (Phi) is 4.71. The maximum absolute atomic E-state index is 12.8. The molecule has 1 heterocycles. The van der Waals surface area contributed by atoms with Gasteiger partial charge in [0.05, 0.1) is 17.9 Å². The van der Waals surface area contributed by atoms with Gasteiger partial charge in [0.1, 0.15) is 0 Å². The SMILES string of the molecule is O=C(O)C1CN(C(=O)Cc2cccc(C(F)(F)F)c2)Cc2ccccc21. The molecule has 4 nitrogen and oxygen atoms in total. The minimum Gasteiger partial charge on any atom is -0.481 e. The smallest absolute Gasteiger partial charge is 0.416 e. The maximum Gasteiger partial charge on any atom is 0.416 e. The number of amides is 1. The zero-order valence-corrected chi connectivity index (χ0v) is 13.7. The molecular formula is C19H16F3NO3. The summed E-state index contributed by atoms with van der Waals surface area (Å²) in [5.74, 6) is -2.27. The quantitative estimate of drug-likeness (QED) is 0.909. The number of carboxylic acids is 1. The topological polar surface area (TPSA) is 57.6 Å². The molecule has 26 heavy (non-hydrogen) atoms. The molecule has 1 aliphatic rings. The lowest BCUT2D eigenvalue weighted by Crippen LogP contribution is -2.41. The summed E-state index contributed by atoms with van der Waals surface area (Å²) in [6.07, 6.45) is -4.68. The molecule has 7 heteroatoms. The van der Waals surface area contributed by atoms with Crippen LogP contribution in [0.5, 0.6) is 0 Å². The van der Waals surface area contributed by atoms with Crippen LogP contribution >= 0.6 is 0 Å². The van der Waals surface area contributed by atoms with Gasteiger partial charge in [-0.05, 0) is 22.8 Å². The summed E-state index contributed by atoms with van der Waals surface area (Å²) in [4.78, 5) is 25.5. The average Bonchev–Trinajstić information content (AvgIpc) is 2.60. The number of nitrogens with zero attached hydrogens (tertiary/aromatic N) is 1. The number of hydrogen-bond donors (Lipinski definition) is 1. The van der Waals surface area contributed by atoms with Crippen LogP contribution in [0.1, 0.15) is 28.2 Å². The molecule has 1 amide bonds. The predicted octanol–water partition coefficient (Wildman–Crippen LogP) is 3.46. The monoisotopic (exact) mass is 363 g/mol. The van der Waals surface area contributed by atoms with Crippen molar-refractivity contribution in [3.8, 4) is 0 Å². The third-order valence-electron chi connectivity index (χ3n) is 4.46. The Labute approximate surface area is 147 Å². The fraction of sp³-hybridized carbons (Fsp3) is 0.263. The number of carbonyl (C=O) groups excluding carboxylic acids is 1. The number of carbonyl (C=O) groups is 2. The van der Waals surface area contributed by atoms with E-state index in [2.05, 4.69) is 0 Å². The molecule has 0 radical (unpaired) electrons. The van der Waals surface area contributed by atoms with Gasteiger partial charge in [0.2, 0.25) is 5.91 Å². The van der Waals surface area contributed by atoms with Crippen molar-refractivity contribution in [2.24, 2.45) is 0 Å². The molecule has 0 aliphatic carbocycles. The van der Waals surface area contributed by atoms with E-state index < -0.39 is 29.5 Å². The van der Waals surface area contributed by atoms with Crippen LogP contribution in [0.3, 0.4) is 0 Å². The number of aliphatic carboxylic acids is 1. The summed E-state index contributed by atoms with van der Waals surface area (Å²) in [7, 11) is 0. The second-order valence-electron chi connectivity index (χ2n) is 6.24. The number of carboxylic acid groups (broad SMARTS) is 1. The first kappa shape index (κ1) is 18.0. The number of fused-ring (bicyclic) bond motifs is 1. The molecule has 0 aromatic heterocycles. The Morgan fingerprint density at radius 3 is 2.54 bits per heavy atom. The highest BCUT2D eigenvalue weighted by molar-refractivity contribution is 5.82. The van der Waals surface area contributed by atoms with E-state index in [1.165, 1.54) is 17.0 Å². The summed E-state index contributed by atoms with van der Waals surface area (Å²) < 4.78 is 38.4. The molecule has 0 saturated heterocycles. The molecule has 1 N–H and O–H groups in total. The third-order valence-corrected chi connectivity index (χ3v) is 4.46. The Morgan fingerprint density at radius 1 is 1.12 bits per heavy atom. The molecule has 0 saturated carbocycles. The molecule has 1 unspecified atom stereocenters. The largest absolute Gasteiger partial charge is 0.481 e. The van der Waals surface area contributed by atoms with Crippen molar-refractivity contribution in [3.05, 3.63) is 70.8 Å². The van der Waals surface area contributed by atoms with E-state index in [4.69, 9.17) is 0 Å². The molecule has 1 atom stereocenters. The lowest BCUT2D eigenvalue weighted by Gasteiger charge is -2.33. The number of benzene rings is 2. The van der Waals surface area contributed by atoms with Gasteiger partial charge >= 0.3 is 12.1 Å².